The van der Waals surface area contributed by atoms with E-state index in [-0.39, 0.29) is 10.8 Å². The van der Waals surface area contributed by atoms with Gasteiger partial charge in [-0.3, -0.25) is 9.52 Å². The van der Waals surface area contributed by atoms with Gasteiger partial charge in [0.2, 0.25) is 5.91 Å². The number of anilines is 2. The van der Waals surface area contributed by atoms with Crippen LogP contribution in [0.5, 0.6) is 0 Å². The number of hydrogen-bond acceptors (Lipinski definition) is 3. The summed E-state index contributed by atoms with van der Waals surface area (Å²) in [5.74, 6) is 0.0866. The second-order valence-electron chi connectivity index (χ2n) is 6.52. The van der Waals surface area contributed by atoms with Crippen molar-refractivity contribution in [1.82, 2.24) is 0 Å². The maximum Gasteiger partial charge on any atom is 0.262 e. The van der Waals surface area contributed by atoms with E-state index in [1.54, 1.807) is 30.0 Å². The van der Waals surface area contributed by atoms with E-state index in [1.165, 1.54) is 0 Å². The second-order valence-corrected chi connectivity index (χ2v) is 8.17. The Hall–Kier alpha value is -2.34. The minimum absolute atomic E-state index is 0.0866. The second kappa shape index (κ2) is 6.52. The van der Waals surface area contributed by atoms with Crippen LogP contribution in [0.2, 0.25) is 0 Å². The Morgan fingerprint density at radius 3 is 2.40 bits per heavy atom. The molecule has 25 heavy (non-hydrogen) atoms. The largest absolute Gasteiger partial charge is 0.312 e. The number of nitrogens with one attached hydrogen (secondary N) is 1. The van der Waals surface area contributed by atoms with Crippen molar-refractivity contribution in [2.75, 3.05) is 16.2 Å². The van der Waals surface area contributed by atoms with Gasteiger partial charge in [0.15, 0.2) is 0 Å². The molecular formula is C19H22N2O3S. The standard InChI is InChI=1S/C19H22N2O3S/c1-13-6-7-14(2)17(11-13)20-25(23,24)18-9-8-16(12-15(18)3)21-10-4-5-19(21)22/h6-9,11-12,20H,4-5,10H2,1-3H3. The first-order valence-corrected chi connectivity index (χ1v) is 9.77. The number of carbonyl (C=O) groups is 1. The van der Waals surface area contributed by atoms with Crippen molar-refractivity contribution >= 4 is 27.3 Å². The van der Waals surface area contributed by atoms with Crippen LogP contribution in [0.1, 0.15) is 29.5 Å². The van der Waals surface area contributed by atoms with Crippen LogP contribution in [0.3, 0.4) is 0 Å². The van der Waals surface area contributed by atoms with E-state index in [0.29, 0.717) is 24.2 Å². The number of sulfonamides is 1. The zero-order valence-electron chi connectivity index (χ0n) is 14.7. The van der Waals surface area contributed by atoms with Crippen molar-refractivity contribution in [3.8, 4) is 0 Å². The Bertz CT molecular complexity index is 936. The van der Waals surface area contributed by atoms with E-state index in [2.05, 4.69) is 4.72 Å². The molecule has 2 aromatic carbocycles. The Labute approximate surface area is 148 Å². The Balaban J connectivity index is 1.92. The van der Waals surface area contributed by atoms with Crippen LogP contribution >= 0.6 is 0 Å². The van der Waals surface area contributed by atoms with Crippen molar-refractivity contribution in [2.45, 2.75) is 38.5 Å². The Morgan fingerprint density at radius 2 is 1.76 bits per heavy atom. The molecule has 2 aromatic rings. The van der Waals surface area contributed by atoms with E-state index in [4.69, 9.17) is 0 Å². The third-order valence-corrected chi connectivity index (χ3v) is 6.00. The highest BCUT2D eigenvalue weighted by Gasteiger charge is 2.24. The highest BCUT2D eigenvalue weighted by atomic mass is 32.2. The minimum Gasteiger partial charge on any atom is -0.312 e. The third kappa shape index (κ3) is 3.54. The molecule has 1 saturated heterocycles. The van der Waals surface area contributed by atoms with Gasteiger partial charge in [-0.1, -0.05) is 12.1 Å². The number of rotatable bonds is 4. The molecule has 1 fully saturated rings. The maximum atomic E-state index is 12.8. The van der Waals surface area contributed by atoms with Crippen molar-refractivity contribution in [2.24, 2.45) is 0 Å². The molecule has 0 unspecified atom stereocenters. The first-order valence-electron chi connectivity index (χ1n) is 8.29. The van der Waals surface area contributed by atoms with Crippen LogP contribution in [0, 0.1) is 20.8 Å². The SMILES string of the molecule is Cc1ccc(C)c(NS(=O)(=O)c2ccc(N3CCCC3=O)cc2C)c1. The lowest BCUT2D eigenvalue weighted by Crippen LogP contribution is -2.24. The average molecular weight is 358 g/mol. The van der Waals surface area contributed by atoms with Gasteiger partial charge < -0.3 is 4.90 Å². The quantitative estimate of drug-likeness (QED) is 0.909. The third-order valence-electron chi connectivity index (χ3n) is 4.47. The zero-order chi connectivity index (χ0) is 18.2. The van der Waals surface area contributed by atoms with E-state index < -0.39 is 10.0 Å². The molecule has 1 aliphatic rings. The van der Waals surface area contributed by atoms with Crippen LogP contribution < -0.4 is 9.62 Å². The molecule has 0 atom stereocenters. The zero-order valence-corrected chi connectivity index (χ0v) is 15.5. The van der Waals surface area contributed by atoms with Gasteiger partial charge in [-0.25, -0.2) is 8.42 Å². The van der Waals surface area contributed by atoms with E-state index in [1.807, 2.05) is 32.0 Å². The Kier molecular flexibility index (Phi) is 4.56. The summed E-state index contributed by atoms with van der Waals surface area (Å²) in [7, 11) is -3.69. The number of benzene rings is 2. The van der Waals surface area contributed by atoms with Crippen molar-refractivity contribution in [1.29, 1.82) is 0 Å². The summed E-state index contributed by atoms with van der Waals surface area (Å²) in [4.78, 5) is 13.8. The van der Waals surface area contributed by atoms with Gasteiger partial charge in [-0.15, -0.1) is 0 Å². The lowest BCUT2D eigenvalue weighted by atomic mass is 10.1. The predicted octanol–water partition coefficient (Wildman–Crippen LogP) is 3.54. The fraction of sp³-hybridized carbons (Fsp3) is 0.316. The van der Waals surface area contributed by atoms with Crippen LogP contribution in [0.15, 0.2) is 41.3 Å². The molecule has 0 spiro atoms. The summed E-state index contributed by atoms with van der Waals surface area (Å²) in [5.41, 5.74) is 3.81. The van der Waals surface area contributed by atoms with Crippen molar-refractivity contribution < 1.29 is 13.2 Å². The molecule has 0 aromatic heterocycles. The molecule has 3 rings (SSSR count). The van der Waals surface area contributed by atoms with E-state index in [9.17, 15) is 13.2 Å². The topological polar surface area (TPSA) is 66.5 Å². The molecular weight excluding hydrogens is 336 g/mol. The number of hydrogen-bond donors (Lipinski definition) is 1. The summed E-state index contributed by atoms with van der Waals surface area (Å²) in [6.45, 7) is 6.23. The summed E-state index contributed by atoms with van der Waals surface area (Å²) in [6.07, 6.45) is 1.39. The monoisotopic (exact) mass is 358 g/mol. The summed E-state index contributed by atoms with van der Waals surface area (Å²) in [6, 6.07) is 10.7. The molecule has 1 heterocycles. The molecule has 1 N–H and O–H groups in total. The molecule has 6 heteroatoms. The molecule has 5 nitrogen and oxygen atoms in total. The van der Waals surface area contributed by atoms with Crippen LogP contribution in [0.25, 0.3) is 0 Å². The number of carbonyl (C=O) groups excluding carboxylic acids is 1. The average Bonchev–Trinajstić information content (AvgIpc) is 2.96. The molecule has 132 valence electrons. The lowest BCUT2D eigenvalue weighted by Gasteiger charge is -2.18. The van der Waals surface area contributed by atoms with Gasteiger partial charge >= 0.3 is 0 Å². The molecule has 1 aliphatic heterocycles. The van der Waals surface area contributed by atoms with Crippen LogP contribution in [0.4, 0.5) is 11.4 Å². The van der Waals surface area contributed by atoms with Gasteiger partial charge in [0.05, 0.1) is 10.6 Å². The highest BCUT2D eigenvalue weighted by Crippen LogP contribution is 2.28. The number of nitrogens with zero attached hydrogens (tertiary/aromatic N) is 1. The smallest absolute Gasteiger partial charge is 0.262 e. The summed E-state index contributed by atoms with van der Waals surface area (Å²) >= 11 is 0. The Morgan fingerprint density at radius 1 is 1.00 bits per heavy atom. The normalized spacial score (nSPS) is 14.8. The summed E-state index contributed by atoms with van der Waals surface area (Å²) in [5, 5.41) is 0. The van der Waals surface area contributed by atoms with Gasteiger partial charge in [0.25, 0.3) is 10.0 Å². The minimum atomic E-state index is -3.69. The van der Waals surface area contributed by atoms with E-state index in [0.717, 1.165) is 23.2 Å². The molecule has 0 radical (unpaired) electrons. The van der Waals surface area contributed by atoms with E-state index >= 15 is 0 Å². The molecule has 0 bridgehead atoms. The van der Waals surface area contributed by atoms with Gasteiger partial charge in [-0.2, -0.15) is 0 Å². The van der Waals surface area contributed by atoms with Gasteiger partial charge in [0, 0.05) is 18.7 Å². The van der Waals surface area contributed by atoms with Crippen molar-refractivity contribution in [3.05, 3.63) is 53.1 Å². The maximum absolute atomic E-state index is 12.8. The fourth-order valence-electron chi connectivity index (χ4n) is 3.07. The van der Waals surface area contributed by atoms with Gasteiger partial charge in [-0.05, 0) is 68.1 Å². The molecule has 0 saturated carbocycles. The molecule has 1 amide bonds. The highest BCUT2D eigenvalue weighted by molar-refractivity contribution is 7.92. The fourth-order valence-corrected chi connectivity index (χ4v) is 4.42. The van der Waals surface area contributed by atoms with Gasteiger partial charge in [0.1, 0.15) is 0 Å². The van der Waals surface area contributed by atoms with Crippen molar-refractivity contribution in [3.63, 3.8) is 0 Å². The predicted molar refractivity (Wildman–Crippen MR) is 99.5 cm³/mol. The first kappa shape index (κ1) is 17.5. The number of aryl methyl sites for hydroxylation is 3. The van der Waals surface area contributed by atoms with Crippen LogP contribution in [-0.2, 0) is 14.8 Å². The first-order chi connectivity index (χ1) is 11.8. The lowest BCUT2D eigenvalue weighted by molar-refractivity contribution is -0.117. The summed E-state index contributed by atoms with van der Waals surface area (Å²) < 4.78 is 28.3. The number of amides is 1. The molecule has 0 aliphatic carbocycles. The van der Waals surface area contributed by atoms with Crippen LogP contribution in [-0.4, -0.2) is 20.9 Å².